The summed E-state index contributed by atoms with van der Waals surface area (Å²) in [6, 6.07) is 8.14. The maximum atomic E-state index is 9.88. The van der Waals surface area contributed by atoms with Crippen LogP contribution in [0.3, 0.4) is 0 Å². The fourth-order valence-electron chi connectivity index (χ4n) is 2.42. The number of phenols is 1. The van der Waals surface area contributed by atoms with Gasteiger partial charge in [0.15, 0.2) is 0 Å². The van der Waals surface area contributed by atoms with Crippen LogP contribution in [0.15, 0.2) is 24.3 Å². The molecule has 0 aliphatic carbocycles. The second-order valence-corrected chi connectivity index (χ2v) is 4.66. The van der Waals surface area contributed by atoms with Crippen LogP contribution >= 0.6 is 0 Å². The molecular weight excluding hydrogens is 214 g/mol. The summed E-state index contributed by atoms with van der Waals surface area (Å²) in [7, 11) is 0. The average molecular weight is 235 g/mol. The van der Waals surface area contributed by atoms with Crippen LogP contribution in [0.5, 0.6) is 5.75 Å². The predicted octanol–water partition coefficient (Wildman–Crippen LogP) is 2.61. The van der Waals surface area contributed by atoms with Gasteiger partial charge in [-0.3, -0.25) is 0 Å². The molecule has 1 aliphatic rings. The van der Waals surface area contributed by atoms with Crippen LogP contribution in [0.1, 0.15) is 38.3 Å². The van der Waals surface area contributed by atoms with Crippen molar-refractivity contribution in [1.82, 2.24) is 5.32 Å². The minimum Gasteiger partial charge on any atom is -0.508 e. The van der Waals surface area contributed by atoms with Crippen molar-refractivity contribution in [3.63, 3.8) is 0 Å². The van der Waals surface area contributed by atoms with Crippen molar-refractivity contribution >= 4 is 0 Å². The lowest BCUT2D eigenvalue weighted by Gasteiger charge is -2.24. The Balaban J connectivity index is 2.09. The molecule has 1 fully saturated rings. The van der Waals surface area contributed by atoms with Gasteiger partial charge in [0, 0.05) is 24.3 Å². The first-order valence-corrected chi connectivity index (χ1v) is 6.38. The first-order valence-electron chi connectivity index (χ1n) is 6.38. The molecule has 1 heterocycles. The molecule has 0 bridgehead atoms. The topological polar surface area (TPSA) is 41.5 Å². The van der Waals surface area contributed by atoms with E-state index in [1.54, 1.807) is 6.07 Å². The molecule has 3 nitrogen and oxygen atoms in total. The highest BCUT2D eigenvalue weighted by Gasteiger charge is 2.27. The SMILES string of the molecule is CCC(NC1CCOC1C)c1ccccc1O. The Hall–Kier alpha value is -1.06. The van der Waals surface area contributed by atoms with Crippen LogP contribution in [-0.2, 0) is 4.74 Å². The monoisotopic (exact) mass is 235 g/mol. The Morgan fingerprint density at radius 2 is 2.24 bits per heavy atom. The largest absolute Gasteiger partial charge is 0.508 e. The zero-order chi connectivity index (χ0) is 12.3. The molecule has 3 atom stereocenters. The van der Waals surface area contributed by atoms with Crippen molar-refractivity contribution in [2.24, 2.45) is 0 Å². The number of benzene rings is 1. The van der Waals surface area contributed by atoms with Crippen LogP contribution in [0.4, 0.5) is 0 Å². The summed E-state index contributed by atoms with van der Waals surface area (Å²) in [4.78, 5) is 0. The maximum absolute atomic E-state index is 9.88. The zero-order valence-corrected chi connectivity index (χ0v) is 10.5. The van der Waals surface area contributed by atoms with Crippen LogP contribution in [0.2, 0.25) is 0 Å². The molecule has 1 aromatic carbocycles. The summed E-state index contributed by atoms with van der Waals surface area (Å²) in [5.74, 6) is 0.374. The molecule has 1 aliphatic heterocycles. The van der Waals surface area contributed by atoms with E-state index < -0.39 is 0 Å². The average Bonchev–Trinajstić information content (AvgIpc) is 2.73. The van der Waals surface area contributed by atoms with Crippen molar-refractivity contribution < 1.29 is 9.84 Å². The predicted molar refractivity (Wildman–Crippen MR) is 68.1 cm³/mol. The fourth-order valence-corrected chi connectivity index (χ4v) is 2.42. The highest BCUT2D eigenvalue weighted by atomic mass is 16.5. The van der Waals surface area contributed by atoms with Gasteiger partial charge in [0.1, 0.15) is 5.75 Å². The number of ether oxygens (including phenoxy) is 1. The van der Waals surface area contributed by atoms with Crippen molar-refractivity contribution in [2.45, 2.75) is 44.9 Å². The van der Waals surface area contributed by atoms with Gasteiger partial charge in [-0.15, -0.1) is 0 Å². The molecule has 0 radical (unpaired) electrons. The van der Waals surface area contributed by atoms with Gasteiger partial charge in [-0.05, 0) is 25.8 Å². The Kier molecular flexibility index (Phi) is 4.02. The molecule has 2 N–H and O–H groups in total. The minimum atomic E-state index is 0.199. The lowest BCUT2D eigenvalue weighted by Crippen LogP contribution is -2.37. The van der Waals surface area contributed by atoms with Gasteiger partial charge in [0.2, 0.25) is 0 Å². The number of nitrogens with one attached hydrogen (secondary N) is 1. The number of phenolic OH excluding ortho intramolecular Hbond substituents is 1. The summed E-state index contributed by atoms with van der Waals surface area (Å²) >= 11 is 0. The van der Waals surface area contributed by atoms with Gasteiger partial charge in [0.25, 0.3) is 0 Å². The molecule has 0 amide bonds. The molecule has 17 heavy (non-hydrogen) atoms. The number of para-hydroxylation sites is 1. The van der Waals surface area contributed by atoms with Gasteiger partial charge in [-0.25, -0.2) is 0 Å². The molecular formula is C14H21NO2. The summed E-state index contributed by atoms with van der Waals surface area (Å²) in [6.45, 7) is 5.06. The first kappa shape index (κ1) is 12.4. The smallest absolute Gasteiger partial charge is 0.120 e. The van der Waals surface area contributed by atoms with Crippen molar-refractivity contribution in [3.05, 3.63) is 29.8 Å². The summed E-state index contributed by atoms with van der Waals surface area (Å²) in [5.41, 5.74) is 0.981. The van der Waals surface area contributed by atoms with E-state index in [2.05, 4.69) is 19.2 Å². The lowest BCUT2D eigenvalue weighted by atomic mass is 10.0. The summed E-state index contributed by atoms with van der Waals surface area (Å²) in [5, 5.41) is 13.5. The Morgan fingerprint density at radius 1 is 1.47 bits per heavy atom. The minimum absolute atomic E-state index is 0.199. The molecule has 1 aromatic rings. The molecule has 3 heteroatoms. The van der Waals surface area contributed by atoms with E-state index >= 15 is 0 Å². The van der Waals surface area contributed by atoms with E-state index in [9.17, 15) is 5.11 Å². The number of hydrogen-bond acceptors (Lipinski definition) is 3. The van der Waals surface area contributed by atoms with Gasteiger partial charge in [-0.1, -0.05) is 25.1 Å². The highest BCUT2D eigenvalue weighted by Crippen LogP contribution is 2.27. The molecule has 0 spiro atoms. The van der Waals surface area contributed by atoms with E-state index in [1.807, 2.05) is 18.2 Å². The Morgan fingerprint density at radius 3 is 2.82 bits per heavy atom. The van der Waals surface area contributed by atoms with Crippen LogP contribution in [-0.4, -0.2) is 23.9 Å². The third-order valence-electron chi connectivity index (χ3n) is 3.51. The number of aromatic hydroxyl groups is 1. The normalized spacial score (nSPS) is 26.0. The standard InChI is InChI=1S/C14H21NO2/c1-3-12(11-6-4-5-7-14(11)16)15-13-8-9-17-10(13)2/h4-7,10,12-13,15-16H,3,8-9H2,1-2H3. The molecule has 0 aromatic heterocycles. The second-order valence-electron chi connectivity index (χ2n) is 4.66. The third-order valence-corrected chi connectivity index (χ3v) is 3.51. The van der Waals surface area contributed by atoms with E-state index in [1.165, 1.54) is 0 Å². The molecule has 0 saturated carbocycles. The van der Waals surface area contributed by atoms with E-state index in [4.69, 9.17) is 4.74 Å². The van der Waals surface area contributed by atoms with Crippen LogP contribution in [0.25, 0.3) is 0 Å². The summed E-state index contributed by atoms with van der Waals surface area (Å²) < 4.78 is 5.55. The quantitative estimate of drug-likeness (QED) is 0.843. The van der Waals surface area contributed by atoms with Crippen molar-refractivity contribution in [1.29, 1.82) is 0 Å². The first-order chi connectivity index (χ1) is 8.22. The Labute approximate surface area is 103 Å². The van der Waals surface area contributed by atoms with Crippen LogP contribution < -0.4 is 5.32 Å². The fraction of sp³-hybridized carbons (Fsp3) is 0.571. The zero-order valence-electron chi connectivity index (χ0n) is 10.5. The Bertz CT molecular complexity index is 367. The molecule has 2 rings (SSSR count). The molecule has 3 unspecified atom stereocenters. The number of rotatable bonds is 4. The van der Waals surface area contributed by atoms with E-state index in [-0.39, 0.29) is 12.1 Å². The van der Waals surface area contributed by atoms with Crippen molar-refractivity contribution in [2.75, 3.05) is 6.61 Å². The number of hydrogen-bond donors (Lipinski definition) is 2. The van der Waals surface area contributed by atoms with Gasteiger partial charge in [0.05, 0.1) is 6.10 Å². The van der Waals surface area contributed by atoms with E-state index in [0.29, 0.717) is 11.8 Å². The van der Waals surface area contributed by atoms with Gasteiger partial charge < -0.3 is 15.2 Å². The lowest BCUT2D eigenvalue weighted by molar-refractivity contribution is 0.110. The molecule has 94 valence electrons. The second kappa shape index (κ2) is 5.52. The van der Waals surface area contributed by atoms with Gasteiger partial charge in [-0.2, -0.15) is 0 Å². The third kappa shape index (κ3) is 2.79. The van der Waals surface area contributed by atoms with Gasteiger partial charge >= 0.3 is 0 Å². The molecule has 1 saturated heterocycles. The highest BCUT2D eigenvalue weighted by molar-refractivity contribution is 5.34. The van der Waals surface area contributed by atoms with Crippen LogP contribution in [0, 0.1) is 0 Å². The maximum Gasteiger partial charge on any atom is 0.120 e. The van der Waals surface area contributed by atoms with Crippen molar-refractivity contribution in [3.8, 4) is 5.75 Å². The summed E-state index contributed by atoms with van der Waals surface area (Å²) in [6.07, 6.45) is 2.27. The van der Waals surface area contributed by atoms with E-state index in [0.717, 1.165) is 25.0 Å².